The molecule has 2 aliphatic rings. The van der Waals surface area contributed by atoms with Crippen LogP contribution < -0.4 is 10.1 Å². The number of hydrogen-bond donors (Lipinski definition) is 2. The van der Waals surface area contributed by atoms with E-state index < -0.39 is 0 Å². The van der Waals surface area contributed by atoms with E-state index in [1.54, 1.807) is 29.1 Å². The summed E-state index contributed by atoms with van der Waals surface area (Å²) in [5.41, 5.74) is 0.941. The van der Waals surface area contributed by atoms with Crippen molar-refractivity contribution < 1.29 is 19.4 Å². The first-order valence-corrected chi connectivity index (χ1v) is 12.9. The first-order chi connectivity index (χ1) is 17.2. The molecule has 1 aliphatic heterocycles. The lowest BCUT2D eigenvalue weighted by molar-refractivity contribution is 0.0351. The van der Waals surface area contributed by atoms with Gasteiger partial charge in [0.1, 0.15) is 11.7 Å². The predicted molar refractivity (Wildman–Crippen MR) is 139 cm³/mol. The molecule has 3 amide bonds. The van der Waals surface area contributed by atoms with Gasteiger partial charge in [-0.3, -0.25) is 9.69 Å². The Hall–Kier alpha value is -2.83. The molecule has 3 rings (SSSR count). The van der Waals surface area contributed by atoms with Crippen LogP contribution in [0.5, 0.6) is 5.88 Å². The van der Waals surface area contributed by atoms with Crippen molar-refractivity contribution in [2.24, 2.45) is 5.92 Å². The van der Waals surface area contributed by atoms with E-state index in [0.29, 0.717) is 30.8 Å². The molecule has 1 aromatic heterocycles. The number of urea groups is 1. The fraction of sp³-hybridized carbons (Fsp3) is 0.667. The van der Waals surface area contributed by atoms with E-state index in [9.17, 15) is 14.7 Å². The third-order valence-electron chi connectivity index (χ3n) is 6.88. The van der Waals surface area contributed by atoms with Gasteiger partial charge < -0.3 is 25.0 Å². The van der Waals surface area contributed by atoms with Crippen LogP contribution in [0, 0.1) is 17.8 Å². The Morgan fingerprint density at radius 1 is 1.31 bits per heavy atom. The van der Waals surface area contributed by atoms with Crippen LogP contribution >= 0.6 is 0 Å². The molecule has 36 heavy (non-hydrogen) atoms. The van der Waals surface area contributed by atoms with Gasteiger partial charge in [-0.2, -0.15) is 0 Å². The maximum absolute atomic E-state index is 13.5. The molecule has 1 fully saturated rings. The summed E-state index contributed by atoms with van der Waals surface area (Å²) in [6.07, 6.45) is 6.78. The molecule has 0 unspecified atom stereocenters. The zero-order valence-corrected chi connectivity index (χ0v) is 22.3. The number of nitrogens with one attached hydrogen (secondary N) is 1. The highest BCUT2D eigenvalue weighted by atomic mass is 16.5. The molecule has 1 aliphatic carbocycles. The van der Waals surface area contributed by atoms with Crippen LogP contribution in [0.15, 0.2) is 12.3 Å². The molecule has 1 saturated carbocycles. The molecule has 1 aromatic rings. The quantitative estimate of drug-likeness (QED) is 0.583. The van der Waals surface area contributed by atoms with Gasteiger partial charge in [0.2, 0.25) is 5.88 Å². The van der Waals surface area contributed by atoms with E-state index in [1.165, 1.54) is 6.42 Å². The van der Waals surface area contributed by atoms with Gasteiger partial charge in [0.25, 0.3) is 5.91 Å². The number of nitrogens with zero attached hydrogens (tertiary/aromatic N) is 4. The minimum Gasteiger partial charge on any atom is -0.472 e. The average molecular weight is 500 g/mol. The van der Waals surface area contributed by atoms with Gasteiger partial charge in [-0.15, -0.1) is 0 Å². The maximum Gasteiger partial charge on any atom is 0.317 e. The van der Waals surface area contributed by atoms with Crippen molar-refractivity contribution in [1.29, 1.82) is 0 Å². The van der Waals surface area contributed by atoms with Gasteiger partial charge in [-0.25, -0.2) is 9.78 Å². The summed E-state index contributed by atoms with van der Waals surface area (Å²) in [5.74, 6) is 6.00. The number of aliphatic hydroxyl groups is 1. The van der Waals surface area contributed by atoms with Crippen LogP contribution in [-0.4, -0.2) is 102 Å². The predicted octanol–water partition coefficient (Wildman–Crippen LogP) is 2.19. The highest BCUT2D eigenvalue weighted by Gasteiger charge is 2.35. The van der Waals surface area contributed by atoms with Gasteiger partial charge in [-0.1, -0.05) is 38.0 Å². The van der Waals surface area contributed by atoms with Crippen molar-refractivity contribution in [2.75, 3.05) is 47.4 Å². The highest BCUT2D eigenvalue weighted by Crippen LogP contribution is 2.27. The summed E-state index contributed by atoms with van der Waals surface area (Å²) < 4.78 is 6.29. The van der Waals surface area contributed by atoms with Gasteiger partial charge in [0, 0.05) is 37.3 Å². The molecule has 0 radical (unpaired) electrons. The Labute approximate surface area is 215 Å². The Morgan fingerprint density at radius 2 is 2.03 bits per heavy atom. The monoisotopic (exact) mass is 499 g/mol. The highest BCUT2D eigenvalue weighted by molar-refractivity contribution is 5.97. The third-order valence-corrected chi connectivity index (χ3v) is 6.88. The SMILES string of the molecule is C[C@@H]1CN([C@H](C)CO)C(=O)c2cc(C#CCN(C)C)cnc2O[C@@H]1CN(C)C(=O)NC1CCCCC1. The van der Waals surface area contributed by atoms with Gasteiger partial charge >= 0.3 is 6.03 Å². The molecule has 0 spiro atoms. The largest absolute Gasteiger partial charge is 0.472 e. The number of likely N-dealkylation sites (N-methyl/N-ethyl adjacent to an activating group) is 1. The van der Waals surface area contributed by atoms with Crippen molar-refractivity contribution >= 4 is 11.9 Å². The Kier molecular flexibility index (Phi) is 9.97. The molecule has 9 heteroatoms. The maximum atomic E-state index is 13.5. The second kappa shape index (κ2) is 12.9. The van der Waals surface area contributed by atoms with Crippen molar-refractivity contribution in [1.82, 2.24) is 25.0 Å². The van der Waals surface area contributed by atoms with Crippen LogP contribution in [0.1, 0.15) is 61.9 Å². The van der Waals surface area contributed by atoms with Crippen molar-refractivity contribution in [3.8, 4) is 17.7 Å². The number of aromatic nitrogens is 1. The van der Waals surface area contributed by atoms with Gasteiger partial charge in [0.15, 0.2) is 0 Å². The van der Waals surface area contributed by atoms with Crippen LogP contribution in [0.4, 0.5) is 4.79 Å². The molecule has 9 nitrogen and oxygen atoms in total. The lowest BCUT2D eigenvalue weighted by Crippen LogP contribution is -2.52. The first-order valence-electron chi connectivity index (χ1n) is 12.9. The van der Waals surface area contributed by atoms with E-state index in [0.717, 1.165) is 25.7 Å². The van der Waals surface area contributed by atoms with Gasteiger partial charge in [-0.05, 0) is 39.9 Å². The van der Waals surface area contributed by atoms with E-state index >= 15 is 0 Å². The molecule has 0 aromatic carbocycles. The molecule has 0 saturated heterocycles. The average Bonchev–Trinajstić information content (AvgIpc) is 2.86. The molecule has 2 N–H and O–H groups in total. The molecule has 198 valence electrons. The number of ether oxygens (including phenoxy) is 1. The fourth-order valence-corrected chi connectivity index (χ4v) is 4.57. The molecule has 2 heterocycles. The number of pyridine rings is 1. The number of rotatable bonds is 6. The van der Waals surface area contributed by atoms with E-state index in [-0.39, 0.29) is 48.5 Å². The minimum absolute atomic E-state index is 0.0950. The minimum atomic E-state index is -0.384. The summed E-state index contributed by atoms with van der Waals surface area (Å²) >= 11 is 0. The van der Waals surface area contributed by atoms with Crippen molar-refractivity contribution in [2.45, 2.75) is 64.1 Å². The second-order valence-electron chi connectivity index (χ2n) is 10.4. The van der Waals surface area contributed by atoms with Crippen molar-refractivity contribution in [3.63, 3.8) is 0 Å². The zero-order valence-electron chi connectivity index (χ0n) is 22.3. The summed E-state index contributed by atoms with van der Waals surface area (Å²) in [6.45, 7) is 4.98. The molecule has 3 atom stereocenters. The molecular weight excluding hydrogens is 458 g/mol. The van der Waals surface area contributed by atoms with Crippen LogP contribution in [0.2, 0.25) is 0 Å². The van der Waals surface area contributed by atoms with Crippen LogP contribution in [-0.2, 0) is 0 Å². The molecular formula is C27H41N5O4. The summed E-state index contributed by atoms with van der Waals surface area (Å²) in [5, 5.41) is 13.0. The van der Waals surface area contributed by atoms with E-state index in [4.69, 9.17) is 4.74 Å². The summed E-state index contributed by atoms with van der Waals surface area (Å²) in [7, 11) is 5.64. The Morgan fingerprint density at radius 3 is 2.69 bits per heavy atom. The van der Waals surface area contributed by atoms with E-state index in [2.05, 4.69) is 22.1 Å². The zero-order chi connectivity index (χ0) is 26.2. The van der Waals surface area contributed by atoms with E-state index in [1.807, 2.05) is 32.8 Å². The topological polar surface area (TPSA) is 98.2 Å². The number of amides is 3. The number of carbonyl (C=O) groups is 2. The van der Waals surface area contributed by atoms with Crippen molar-refractivity contribution in [3.05, 3.63) is 23.4 Å². The standard InChI is InChI=1S/C27H41N5O4/c1-19-16-32(20(2)18-33)26(34)23-14-21(10-9-13-30(3)4)15-28-25(23)36-24(19)17-31(5)27(35)29-22-11-7-6-8-12-22/h14-15,19-20,22,24,33H,6-8,11-13,16-18H2,1-5H3,(H,29,35)/t19-,20-,24-/m1/s1. The second-order valence-corrected chi connectivity index (χ2v) is 10.4. The molecule has 0 bridgehead atoms. The Bertz CT molecular complexity index is 967. The smallest absolute Gasteiger partial charge is 0.317 e. The van der Waals surface area contributed by atoms with Crippen LogP contribution in [0.3, 0.4) is 0 Å². The number of hydrogen-bond acceptors (Lipinski definition) is 6. The fourth-order valence-electron chi connectivity index (χ4n) is 4.57. The normalized spacial score (nSPS) is 21.4. The number of aliphatic hydroxyl groups excluding tert-OH is 1. The lowest BCUT2D eigenvalue weighted by Gasteiger charge is -2.38. The number of fused-ring (bicyclic) bond motifs is 1. The first kappa shape index (κ1) is 27.8. The van der Waals surface area contributed by atoms with Gasteiger partial charge in [0.05, 0.1) is 25.7 Å². The summed E-state index contributed by atoms with van der Waals surface area (Å²) in [4.78, 5) is 36.1. The van der Waals surface area contributed by atoms with Crippen LogP contribution in [0.25, 0.3) is 0 Å². The lowest BCUT2D eigenvalue weighted by atomic mass is 9.96. The third kappa shape index (κ3) is 7.34. The summed E-state index contributed by atoms with van der Waals surface area (Å²) in [6, 6.07) is 1.44. The number of carbonyl (C=O) groups excluding carboxylic acids is 2. The Balaban J connectivity index is 1.83.